The molecule has 3 aromatic rings. The Morgan fingerprint density at radius 2 is 1.60 bits per heavy atom. The third kappa shape index (κ3) is 5.82. The normalized spacial score (nSPS) is 23.8. The maximum atomic E-state index is 13.6. The fourth-order valence-electron chi connectivity index (χ4n) is 7.64. The quantitative estimate of drug-likeness (QED) is 0.453. The van der Waals surface area contributed by atoms with Crippen LogP contribution in [0.1, 0.15) is 47.4 Å². The molecule has 2 saturated heterocycles. The molecular weight excluding hydrogens is 494 g/mol. The number of carbonyl (C=O) groups is 1. The molecule has 0 unspecified atom stereocenters. The topological polar surface area (TPSA) is 44.8 Å². The van der Waals surface area contributed by atoms with Crippen molar-refractivity contribution in [2.45, 2.75) is 50.1 Å². The van der Waals surface area contributed by atoms with Gasteiger partial charge in [0.05, 0.1) is 13.0 Å². The number of piperidine rings is 2. The zero-order valence-electron chi connectivity index (χ0n) is 24.0. The molecule has 1 N–H and O–H groups in total. The monoisotopic (exact) mass is 537 g/mol. The van der Waals surface area contributed by atoms with Crippen LogP contribution in [-0.2, 0) is 17.6 Å². The molecule has 1 aliphatic carbocycles. The minimum atomic E-state index is -0.273. The number of benzene rings is 3. The van der Waals surface area contributed by atoms with Gasteiger partial charge in [-0.05, 0) is 79.3 Å². The molecule has 1 amide bonds. The Balaban J connectivity index is 1.04. The van der Waals surface area contributed by atoms with Gasteiger partial charge in [-0.3, -0.25) is 4.79 Å². The minimum Gasteiger partial charge on any atom is -0.496 e. The van der Waals surface area contributed by atoms with E-state index in [1.807, 2.05) is 36.4 Å². The lowest BCUT2D eigenvalue weighted by Crippen LogP contribution is -2.53. The van der Waals surface area contributed by atoms with E-state index in [4.69, 9.17) is 4.74 Å². The highest BCUT2D eigenvalue weighted by atomic mass is 16.5. The van der Waals surface area contributed by atoms with Crippen molar-refractivity contribution in [3.05, 3.63) is 101 Å². The van der Waals surface area contributed by atoms with E-state index in [-0.39, 0.29) is 17.9 Å². The van der Waals surface area contributed by atoms with Gasteiger partial charge >= 0.3 is 0 Å². The molecule has 3 atom stereocenters. The van der Waals surface area contributed by atoms with Crippen molar-refractivity contribution in [3.8, 4) is 5.75 Å². The van der Waals surface area contributed by atoms with Crippen LogP contribution in [0.3, 0.4) is 0 Å². The lowest BCUT2D eigenvalue weighted by molar-refractivity contribution is -0.122. The second-order valence-electron chi connectivity index (χ2n) is 12.2. The Morgan fingerprint density at radius 1 is 0.925 bits per heavy atom. The van der Waals surface area contributed by atoms with E-state index in [2.05, 4.69) is 64.6 Å². The summed E-state index contributed by atoms with van der Waals surface area (Å²) >= 11 is 0. The molecule has 2 heterocycles. The Bertz CT molecular complexity index is 1230. The molecule has 0 aromatic heterocycles. The number of nitrogens with zero attached hydrogens (tertiary/aromatic N) is 2. The van der Waals surface area contributed by atoms with E-state index in [0.717, 1.165) is 62.2 Å². The number of nitrogens with one attached hydrogen (secondary N) is 1. The van der Waals surface area contributed by atoms with Crippen LogP contribution in [-0.4, -0.2) is 68.1 Å². The van der Waals surface area contributed by atoms with Crippen molar-refractivity contribution in [3.63, 3.8) is 0 Å². The first-order chi connectivity index (χ1) is 19.6. The maximum Gasteiger partial charge on any atom is 0.232 e. The number of carbonyl (C=O) groups excluding carboxylic acids is 1. The van der Waals surface area contributed by atoms with Gasteiger partial charge in [0, 0.05) is 38.3 Å². The Morgan fingerprint density at radius 3 is 2.25 bits per heavy atom. The van der Waals surface area contributed by atoms with E-state index in [9.17, 15) is 4.79 Å². The van der Waals surface area contributed by atoms with E-state index in [0.29, 0.717) is 17.9 Å². The summed E-state index contributed by atoms with van der Waals surface area (Å²) in [5.41, 5.74) is 5.00. The van der Waals surface area contributed by atoms with Gasteiger partial charge in [-0.25, -0.2) is 0 Å². The summed E-state index contributed by atoms with van der Waals surface area (Å²) < 4.78 is 5.72. The van der Waals surface area contributed by atoms with Gasteiger partial charge in [0.2, 0.25) is 5.91 Å². The number of ether oxygens (including phenoxy) is 1. The fraction of sp³-hybridized carbons (Fsp3) is 0.457. The summed E-state index contributed by atoms with van der Waals surface area (Å²) in [6, 6.07) is 27.8. The average molecular weight is 538 g/mol. The summed E-state index contributed by atoms with van der Waals surface area (Å²) in [6.07, 6.45) is 5.59. The highest BCUT2D eigenvalue weighted by Crippen LogP contribution is 2.40. The Kier molecular flexibility index (Phi) is 8.22. The molecule has 2 fully saturated rings. The van der Waals surface area contributed by atoms with Gasteiger partial charge in [-0.1, -0.05) is 72.8 Å². The SMILES string of the molecule is COc1cccc2c1C[C@H]1C[C@@H](CN3CCC(NC(=O)C(c4ccccc4)c4ccccc4)CC3)CN(C)[C@@H]1C2. The molecular formula is C35H43N3O2. The van der Waals surface area contributed by atoms with Gasteiger partial charge in [0.1, 0.15) is 5.75 Å². The summed E-state index contributed by atoms with van der Waals surface area (Å²) in [7, 11) is 4.12. The van der Waals surface area contributed by atoms with Crippen LogP contribution in [0.15, 0.2) is 78.9 Å². The third-order valence-corrected chi connectivity index (χ3v) is 9.62. The second-order valence-corrected chi connectivity index (χ2v) is 12.2. The predicted octanol–water partition coefficient (Wildman–Crippen LogP) is 5.14. The molecule has 0 saturated carbocycles. The fourth-order valence-corrected chi connectivity index (χ4v) is 7.64. The van der Waals surface area contributed by atoms with Crippen LogP contribution in [0.25, 0.3) is 0 Å². The molecule has 5 nitrogen and oxygen atoms in total. The number of methoxy groups -OCH3 is 1. The lowest BCUT2D eigenvalue weighted by atomic mass is 9.72. The van der Waals surface area contributed by atoms with E-state index < -0.39 is 0 Å². The standard InChI is InChI=1S/C35H43N3O2/c1-37-23-25(20-29-21-31-28(22-32(29)37)14-9-15-33(31)40-2)24-38-18-16-30(17-19-38)36-35(39)34(26-10-5-3-6-11-26)27-12-7-4-8-13-27/h3-15,25,29-30,32,34H,16-24H2,1-2H3,(H,36,39)/t25-,29-,32-/m1/s1. The summed E-state index contributed by atoms with van der Waals surface area (Å²) in [5.74, 6) is 2.28. The van der Waals surface area contributed by atoms with Crippen molar-refractivity contribution >= 4 is 5.91 Å². The van der Waals surface area contributed by atoms with Crippen molar-refractivity contribution < 1.29 is 9.53 Å². The number of hydrogen-bond acceptors (Lipinski definition) is 4. The van der Waals surface area contributed by atoms with Crippen molar-refractivity contribution in [1.82, 2.24) is 15.1 Å². The first-order valence-corrected chi connectivity index (χ1v) is 15.1. The van der Waals surface area contributed by atoms with Crippen molar-refractivity contribution in [2.24, 2.45) is 11.8 Å². The van der Waals surface area contributed by atoms with Gasteiger partial charge < -0.3 is 19.9 Å². The summed E-state index contributed by atoms with van der Waals surface area (Å²) in [5, 5.41) is 3.42. The largest absolute Gasteiger partial charge is 0.496 e. The maximum absolute atomic E-state index is 13.6. The molecule has 6 rings (SSSR count). The van der Waals surface area contributed by atoms with Crippen LogP contribution >= 0.6 is 0 Å². The smallest absolute Gasteiger partial charge is 0.232 e. The number of likely N-dealkylation sites (tertiary alicyclic amines) is 2. The first-order valence-electron chi connectivity index (χ1n) is 15.1. The highest BCUT2D eigenvalue weighted by molar-refractivity contribution is 5.87. The third-order valence-electron chi connectivity index (χ3n) is 9.62. The molecule has 3 aliphatic rings. The molecule has 0 radical (unpaired) electrons. The number of fused-ring (bicyclic) bond motifs is 2. The predicted molar refractivity (Wildman–Crippen MR) is 161 cm³/mol. The lowest BCUT2D eigenvalue weighted by Gasteiger charge is -2.47. The number of amides is 1. The Labute approximate surface area is 239 Å². The first kappa shape index (κ1) is 27.0. The molecule has 210 valence electrons. The number of hydrogen-bond donors (Lipinski definition) is 1. The zero-order valence-corrected chi connectivity index (χ0v) is 24.0. The van der Waals surface area contributed by atoms with Crippen molar-refractivity contribution in [2.75, 3.05) is 40.3 Å². The molecule has 5 heteroatoms. The van der Waals surface area contributed by atoms with E-state index >= 15 is 0 Å². The van der Waals surface area contributed by atoms with Crippen LogP contribution < -0.4 is 10.1 Å². The molecule has 3 aromatic carbocycles. The average Bonchev–Trinajstić information content (AvgIpc) is 2.98. The van der Waals surface area contributed by atoms with Crippen molar-refractivity contribution in [1.29, 1.82) is 0 Å². The van der Waals surface area contributed by atoms with Crippen LogP contribution in [0, 0.1) is 11.8 Å². The number of rotatable bonds is 7. The summed E-state index contributed by atoms with van der Waals surface area (Å²) in [4.78, 5) is 18.8. The molecule has 2 aliphatic heterocycles. The van der Waals surface area contributed by atoms with E-state index in [1.54, 1.807) is 7.11 Å². The molecule has 0 bridgehead atoms. The van der Waals surface area contributed by atoms with Gasteiger partial charge in [-0.15, -0.1) is 0 Å². The van der Waals surface area contributed by atoms with Crippen LogP contribution in [0.5, 0.6) is 5.75 Å². The number of likely N-dealkylation sites (N-methyl/N-ethyl adjacent to an activating group) is 1. The van der Waals surface area contributed by atoms with Crippen LogP contribution in [0.2, 0.25) is 0 Å². The van der Waals surface area contributed by atoms with Gasteiger partial charge in [0.25, 0.3) is 0 Å². The van der Waals surface area contributed by atoms with Crippen LogP contribution in [0.4, 0.5) is 0 Å². The minimum absolute atomic E-state index is 0.115. The molecule has 0 spiro atoms. The second kappa shape index (κ2) is 12.2. The molecule has 40 heavy (non-hydrogen) atoms. The highest BCUT2D eigenvalue weighted by Gasteiger charge is 2.39. The summed E-state index contributed by atoms with van der Waals surface area (Å²) in [6.45, 7) is 4.44. The van der Waals surface area contributed by atoms with Gasteiger partial charge in [-0.2, -0.15) is 0 Å². The van der Waals surface area contributed by atoms with E-state index in [1.165, 1.54) is 24.1 Å². The Hall–Kier alpha value is -3.15. The van der Waals surface area contributed by atoms with Gasteiger partial charge in [0.15, 0.2) is 0 Å². The zero-order chi connectivity index (χ0) is 27.5.